The third-order valence-corrected chi connectivity index (χ3v) is 4.30. The molecule has 1 N–H and O–H groups in total. The van der Waals surface area contributed by atoms with E-state index >= 15 is 0 Å². The van der Waals surface area contributed by atoms with Gasteiger partial charge in [-0.25, -0.2) is 0 Å². The highest BCUT2D eigenvalue weighted by molar-refractivity contribution is 9.10. The summed E-state index contributed by atoms with van der Waals surface area (Å²) in [4.78, 5) is 0. The first-order valence-corrected chi connectivity index (χ1v) is 7.65. The van der Waals surface area contributed by atoms with E-state index in [0.29, 0.717) is 6.04 Å². The van der Waals surface area contributed by atoms with Gasteiger partial charge in [-0.1, -0.05) is 19.1 Å². The van der Waals surface area contributed by atoms with Gasteiger partial charge in [0.05, 0.1) is 4.47 Å². The zero-order valence-electron chi connectivity index (χ0n) is 11.0. The Morgan fingerprint density at radius 3 is 2.67 bits per heavy atom. The third-order valence-electron chi connectivity index (χ3n) is 3.65. The molecule has 2 nitrogen and oxygen atoms in total. The van der Waals surface area contributed by atoms with E-state index in [1.807, 2.05) is 24.3 Å². The van der Waals surface area contributed by atoms with Crippen molar-refractivity contribution in [1.82, 2.24) is 5.32 Å². The van der Waals surface area contributed by atoms with Gasteiger partial charge >= 0.3 is 0 Å². The quantitative estimate of drug-likeness (QED) is 0.830. The van der Waals surface area contributed by atoms with Gasteiger partial charge in [-0.2, -0.15) is 0 Å². The predicted octanol–water partition coefficient (Wildman–Crippen LogP) is 4.00. The Morgan fingerprint density at radius 1 is 1.22 bits per heavy atom. The Hall–Kier alpha value is -0.540. The van der Waals surface area contributed by atoms with Gasteiger partial charge in [0, 0.05) is 12.6 Å². The molecule has 1 aliphatic carbocycles. The molecule has 1 saturated carbocycles. The summed E-state index contributed by atoms with van der Waals surface area (Å²) in [5.41, 5.74) is 0. The van der Waals surface area contributed by atoms with Gasteiger partial charge in [0.2, 0.25) is 0 Å². The van der Waals surface area contributed by atoms with Crippen LogP contribution in [-0.2, 0) is 0 Å². The summed E-state index contributed by atoms with van der Waals surface area (Å²) in [5.74, 6) is 1.84. The third kappa shape index (κ3) is 4.29. The number of hydrogen-bond donors (Lipinski definition) is 1. The molecule has 18 heavy (non-hydrogen) atoms. The molecule has 3 heteroatoms. The number of hydrogen-bond acceptors (Lipinski definition) is 2. The molecule has 1 aliphatic rings. The van der Waals surface area contributed by atoms with E-state index in [-0.39, 0.29) is 0 Å². The maximum Gasteiger partial charge on any atom is 0.133 e. The molecule has 0 unspecified atom stereocenters. The van der Waals surface area contributed by atoms with E-state index in [4.69, 9.17) is 4.74 Å². The topological polar surface area (TPSA) is 21.3 Å². The molecule has 0 spiro atoms. The van der Waals surface area contributed by atoms with Crippen LogP contribution in [0.2, 0.25) is 0 Å². The van der Waals surface area contributed by atoms with E-state index in [9.17, 15) is 0 Å². The van der Waals surface area contributed by atoms with Crippen LogP contribution in [-0.4, -0.2) is 19.2 Å². The lowest BCUT2D eigenvalue weighted by Crippen LogP contribution is -2.35. The number of para-hydroxylation sites is 1. The highest BCUT2D eigenvalue weighted by atomic mass is 79.9. The van der Waals surface area contributed by atoms with Crippen LogP contribution in [0.1, 0.15) is 32.6 Å². The van der Waals surface area contributed by atoms with Crippen LogP contribution >= 0.6 is 15.9 Å². The Labute approximate surface area is 118 Å². The molecule has 0 bridgehead atoms. The summed E-state index contributed by atoms with van der Waals surface area (Å²) in [5, 5.41) is 3.59. The molecule has 0 radical (unpaired) electrons. The largest absolute Gasteiger partial charge is 0.491 e. The first-order valence-electron chi connectivity index (χ1n) is 6.86. The number of benzene rings is 1. The van der Waals surface area contributed by atoms with Gasteiger partial charge in [-0.3, -0.25) is 0 Å². The molecule has 2 rings (SSSR count). The molecule has 1 aromatic rings. The summed E-state index contributed by atoms with van der Waals surface area (Å²) in [7, 11) is 0. The molecular formula is C15H22BrNO. The number of halogens is 1. The van der Waals surface area contributed by atoms with Crippen LogP contribution in [0.25, 0.3) is 0 Å². The SMILES string of the molecule is CC1CCC(NCCOc2ccccc2Br)CC1. The van der Waals surface area contributed by atoms with Crippen molar-refractivity contribution in [3.8, 4) is 5.75 Å². The average Bonchev–Trinajstić information content (AvgIpc) is 2.39. The Balaban J connectivity index is 1.63. The molecule has 1 fully saturated rings. The van der Waals surface area contributed by atoms with Crippen LogP contribution in [0, 0.1) is 5.92 Å². The number of nitrogens with one attached hydrogen (secondary N) is 1. The fourth-order valence-electron chi connectivity index (χ4n) is 2.45. The van der Waals surface area contributed by atoms with Crippen molar-refractivity contribution in [2.75, 3.05) is 13.2 Å². The van der Waals surface area contributed by atoms with E-state index in [1.165, 1.54) is 25.7 Å². The Bertz CT molecular complexity index is 361. The molecular weight excluding hydrogens is 290 g/mol. The standard InChI is InChI=1S/C15H22BrNO/c1-12-6-8-13(9-7-12)17-10-11-18-15-5-3-2-4-14(15)16/h2-5,12-13,17H,6-11H2,1H3. The highest BCUT2D eigenvalue weighted by Crippen LogP contribution is 2.24. The van der Waals surface area contributed by atoms with Gasteiger partial charge in [-0.15, -0.1) is 0 Å². The smallest absolute Gasteiger partial charge is 0.133 e. The maximum atomic E-state index is 5.74. The summed E-state index contributed by atoms with van der Waals surface area (Å²) in [6, 6.07) is 8.69. The van der Waals surface area contributed by atoms with Gasteiger partial charge in [-0.05, 0) is 59.7 Å². The second-order valence-electron chi connectivity index (χ2n) is 5.19. The zero-order valence-corrected chi connectivity index (χ0v) is 12.6. The number of rotatable bonds is 5. The Kier molecular flexibility index (Phi) is 5.51. The van der Waals surface area contributed by atoms with Gasteiger partial charge in [0.25, 0.3) is 0 Å². The molecule has 0 aliphatic heterocycles. The van der Waals surface area contributed by atoms with Crippen LogP contribution in [0.3, 0.4) is 0 Å². The second kappa shape index (κ2) is 7.15. The van der Waals surface area contributed by atoms with Crippen molar-refractivity contribution >= 4 is 15.9 Å². The predicted molar refractivity (Wildman–Crippen MR) is 79.1 cm³/mol. The lowest BCUT2D eigenvalue weighted by atomic mass is 9.87. The van der Waals surface area contributed by atoms with Crippen molar-refractivity contribution in [3.05, 3.63) is 28.7 Å². The minimum atomic E-state index is 0.698. The lowest BCUT2D eigenvalue weighted by molar-refractivity contribution is 0.269. The van der Waals surface area contributed by atoms with Crippen LogP contribution in [0.15, 0.2) is 28.7 Å². The highest BCUT2D eigenvalue weighted by Gasteiger charge is 2.17. The fourth-order valence-corrected chi connectivity index (χ4v) is 2.85. The minimum Gasteiger partial charge on any atom is -0.491 e. The van der Waals surface area contributed by atoms with Crippen molar-refractivity contribution in [1.29, 1.82) is 0 Å². The lowest BCUT2D eigenvalue weighted by Gasteiger charge is -2.27. The molecule has 0 saturated heterocycles. The summed E-state index contributed by atoms with van der Waals surface area (Å²) < 4.78 is 6.76. The van der Waals surface area contributed by atoms with Crippen molar-refractivity contribution in [3.63, 3.8) is 0 Å². The molecule has 1 aromatic carbocycles. The average molecular weight is 312 g/mol. The Morgan fingerprint density at radius 2 is 1.94 bits per heavy atom. The minimum absolute atomic E-state index is 0.698. The molecule has 0 heterocycles. The van der Waals surface area contributed by atoms with Gasteiger partial charge in [0.1, 0.15) is 12.4 Å². The van der Waals surface area contributed by atoms with Gasteiger partial charge in [0.15, 0.2) is 0 Å². The zero-order chi connectivity index (χ0) is 12.8. The van der Waals surface area contributed by atoms with Crippen LogP contribution < -0.4 is 10.1 Å². The van der Waals surface area contributed by atoms with Crippen molar-refractivity contribution < 1.29 is 4.74 Å². The second-order valence-corrected chi connectivity index (χ2v) is 6.04. The van der Waals surface area contributed by atoms with Crippen molar-refractivity contribution in [2.24, 2.45) is 5.92 Å². The van der Waals surface area contributed by atoms with Gasteiger partial charge < -0.3 is 10.1 Å². The molecule has 100 valence electrons. The molecule has 0 aromatic heterocycles. The maximum absolute atomic E-state index is 5.74. The summed E-state index contributed by atoms with van der Waals surface area (Å²) >= 11 is 3.49. The first kappa shape index (κ1) is 13.9. The summed E-state index contributed by atoms with van der Waals surface area (Å²) in [6.07, 6.45) is 5.36. The van der Waals surface area contributed by atoms with Crippen LogP contribution in [0.5, 0.6) is 5.75 Å². The number of ether oxygens (including phenoxy) is 1. The monoisotopic (exact) mass is 311 g/mol. The molecule has 0 atom stereocenters. The van der Waals surface area contributed by atoms with Crippen LogP contribution in [0.4, 0.5) is 0 Å². The first-order chi connectivity index (χ1) is 8.75. The van der Waals surface area contributed by atoms with E-state index < -0.39 is 0 Å². The molecule has 0 amide bonds. The van der Waals surface area contributed by atoms with E-state index in [1.54, 1.807) is 0 Å². The van der Waals surface area contributed by atoms with Crippen molar-refractivity contribution in [2.45, 2.75) is 38.6 Å². The van der Waals surface area contributed by atoms with E-state index in [2.05, 4.69) is 28.2 Å². The fraction of sp³-hybridized carbons (Fsp3) is 0.600. The van der Waals surface area contributed by atoms with E-state index in [0.717, 1.165) is 29.3 Å². The normalized spacial score (nSPS) is 23.9. The summed E-state index contributed by atoms with van der Waals surface area (Å²) in [6.45, 7) is 4.02.